The molecule has 6 heteroatoms. The fourth-order valence-corrected chi connectivity index (χ4v) is 7.11. The van der Waals surface area contributed by atoms with Crippen molar-refractivity contribution in [2.24, 2.45) is 17.8 Å². The lowest BCUT2D eigenvalue weighted by Crippen LogP contribution is -2.62. The van der Waals surface area contributed by atoms with Crippen molar-refractivity contribution < 1.29 is 19.1 Å². The number of carbonyl (C=O) groups excluding carboxylic acids is 2. The summed E-state index contributed by atoms with van der Waals surface area (Å²) >= 11 is 0. The first kappa shape index (κ1) is 27.7. The highest BCUT2D eigenvalue weighted by molar-refractivity contribution is 5.94. The maximum atomic E-state index is 14.0. The monoisotopic (exact) mass is 532 g/mol. The SMILES string of the molecule is COc1cccc(C23CCN(CC4CC4)CC2C(OC(C)=O)C[C@@H](N(CC(C)C)C(=O)c2ccccc2)C3)c1. The van der Waals surface area contributed by atoms with E-state index >= 15 is 0 Å². The molecule has 3 fully saturated rings. The van der Waals surface area contributed by atoms with Gasteiger partial charge in [0.25, 0.3) is 5.91 Å². The number of amides is 1. The zero-order valence-electron chi connectivity index (χ0n) is 24.0. The largest absolute Gasteiger partial charge is 0.497 e. The summed E-state index contributed by atoms with van der Waals surface area (Å²) in [6.45, 7) is 9.56. The number of carbonyl (C=O) groups is 2. The van der Waals surface area contributed by atoms with Gasteiger partial charge in [-0.25, -0.2) is 0 Å². The Kier molecular flexibility index (Phi) is 8.32. The second kappa shape index (κ2) is 11.7. The molecule has 3 aliphatic rings. The van der Waals surface area contributed by atoms with Crippen molar-refractivity contribution >= 4 is 11.9 Å². The second-order valence-corrected chi connectivity index (χ2v) is 12.4. The van der Waals surface area contributed by atoms with Gasteiger partial charge in [-0.3, -0.25) is 9.59 Å². The molecule has 39 heavy (non-hydrogen) atoms. The van der Waals surface area contributed by atoms with Crippen LogP contribution in [0.1, 0.15) is 68.8 Å². The van der Waals surface area contributed by atoms with E-state index in [1.54, 1.807) is 7.11 Å². The van der Waals surface area contributed by atoms with E-state index in [0.717, 1.165) is 44.1 Å². The molecule has 1 aliphatic heterocycles. The standard InChI is InChI=1S/C33H44N2O4/c1-23(2)20-35(32(37)26-9-6-5-7-10-26)28-18-31(39-24(3)36)30-22-34(21-25-13-14-25)16-15-33(30,19-28)27-11-8-12-29(17-27)38-4/h5-12,17,23,25,28,30-31H,13-16,18-22H2,1-4H3/t28-,30?,31?,33?/m1/s1. The Bertz CT molecular complexity index is 1150. The molecule has 0 spiro atoms. The highest BCUT2D eigenvalue weighted by Gasteiger charge is 2.55. The van der Waals surface area contributed by atoms with Crippen LogP contribution >= 0.6 is 0 Å². The van der Waals surface area contributed by atoms with Crippen LogP contribution in [0.2, 0.25) is 0 Å². The zero-order chi connectivity index (χ0) is 27.6. The predicted octanol–water partition coefficient (Wildman–Crippen LogP) is 5.56. The first-order chi connectivity index (χ1) is 18.8. The van der Waals surface area contributed by atoms with E-state index in [9.17, 15) is 9.59 Å². The van der Waals surface area contributed by atoms with Crippen LogP contribution in [0.15, 0.2) is 54.6 Å². The van der Waals surface area contributed by atoms with Crippen LogP contribution in [0.25, 0.3) is 0 Å². The molecule has 6 nitrogen and oxygen atoms in total. The van der Waals surface area contributed by atoms with E-state index < -0.39 is 0 Å². The molecule has 4 atom stereocenters. The van der Waals surface area contributed by atoms with Gasteiger partial charge in [-0.05, 0) is 73.9 Å². The Balaban J connectivity index is 1.56. The summed E-state index contributed by atoms with van der Waals surface area (Å²) in [6, 6.07) is 18.0. The first-order valence-electron chi connectivity index (χ1n) is 14.7. The van der Waals surface area contributed by atoms with Gasteiger partial charge >= 0.3 is 5.97 Å². The van der Waals surface area contributed by atoms with Crippen LogP contribution < -0.4 is 4.74 Å². The molecular weight excluding hydrogens is 488 g/mol. The van der Waals surface area contributed by atoms with Gasteiger partial charge in [0.15, 0.2) is 0 Å². The Labute approximate surface area is 233 Å². The Morgan fingerprint density at radius 3 is 2.54 bits per heavy atom. The molecule has 5 rings (SSSR count). The molecule has 2 saturated carbocycles. The molecule has 2 aromatic carbocycles. The van der Waals surface area contributed by atoms with Crippen molar-refractivity contribution in [3.8, 4) is 5.75 Å². The summed E-state index contributed by atoms with van der Waals surface area (Å²) in [6.07, 6.45) is 4.88. The molecular formula is C33H44N2O4. The number of hydrogen-bond acceptors (Lipinski definition) is 5. The number of piperidine rings is 1. The van der Waals surface area contributed by atoms with Crippen LogP contribution in [-0.2, 0) is 14.9 Å². The van der Waals surface area contributed by atoms with Crippen molar-refractivity contribution in [3.05, 3.63) is 65.7 Å². The molecule has 0 N–H and O–H groups in total. The minimum absolute atomic E-state index is 0.0399. The quantitative estimate of drug-likeness (QED) is 0.396. The third-order valence-electron chi connectivity index (χ3n) is 9.05. The van der Waals surface area contributed by atoms with E-state index in [1.807, 2.05) is 36.4 Å². The average molecular weight is 533 g/mol. The normalized spacial score (nSPS) is 27.1. The highest BCUT2D eigenvalue weighted by Crippen LogP contribution is 2.52. The van der Waals surface area contributed by atoms with Crippen LogP contribution in [-0.4, -0.2) is 67.1 Å². The van der Waals surface area contributed by atoms with Gasteiger partial charge in [0.1, 0.15) is 11.9 Å². The Hall–Kier alpha value is -2.86. The molecule has 1 amide bonds. The molecule has 3 unspecified atom stereocenters. The van der Waals surface area contributed by atoms with Gasteiger partial charge < -0.3 is 19.3 Å². The molecule has 2 aliphatic carbocycles. The topological polar surface area (TPSA) is 59.1 Å². The fourth-order valence-electron chi connectivity index (χ4n) is 7.11. The smallest absolute Gasteiger partial charge is 0.302 e. The summed E-state index contributed by atoms with van der Waals surface area (Å²) in [5.74, 6) is 1.93. The molecule has 0 aromatic heterocycles. The number of fused-ring (bicyclic) bond motifs is 1. The molecule has 0 bridgehead atoms. The van der Waals surface area contributed by atoms with E-state index in [0.29, 0.717) is 24.4 Å². The van der Waals surface area contributed by atoms with Crippen molar-refractivity contribution in [2.75, 3.05) is 33.3 Å². The van der Waals surface area contributed by atoms with Gasteiger partial charge in [0.2, 0.25) is 0 Å². The third kappa shape index (κ3) is 6.16. The Morgan fingerprint density at radius 2 is 1.87 bits per heavy atom. The van der Waals surface area contributed by atoms with Gasteiger partial charge in [0, 0.05) is 55.9 Å². The fraction of sp³-hybridized carbons (Fsp3) is 0.576. The zero-order valence-corrected chi connectivity index (χ0v) is 24.0. The number of ether oxygens (including phenoxy) is 2. The minimum atomic E-state index is -0.257. The summed E-state index contributed by atoms with van der Waals surface area (Å²) < 4.78 is 11.8. The number of rotatable bonds is 9. The number of hydrogen-bond donors (Lipinski definition) is 0. The van der Waals surface area contributed by atoms with Gasteiger partial charge in [-0.1, -0.05) is 44.2 Å². The number of nitrogens with zero attached hydrogens (tertiary/aromatic N) is 2. The lowest BCUT2D eigenvalue weighted by atomic mass is 9.56. The van der Waals surface area contributed by atoms with E-state index in [1.165, 1.54) is 25.3 Å². The Morgan fingerprint density at radius 1 is 1.10 bits per heavy atom. The van der Waals surface area contributed by atoms with Crippen LogP contribution in [0.5, 0.6) is 5.75 Å². The van der Waals surface area contributed by atoms with E-state index in [4.69, 9.17) is 9.47 Å². The summed E-state index contributed by atoms with van der Waals surface area (Å²) in [5, 5.41) is 0. The predicted molar refractivity (Wildman–Crippen MR) is 153 cm³/mol. The lowest BCUT2D eigenvalue weighted by molar-refractivity contribution is -0.159. The van der Waals surface area contributed by atoms with Crippen LogP contribution in [0.3, 0.4) is 0 Å². The minimum Gasteiger partial charge on any atom is -0.497 e. The summed E-state index contributed by atoms with van der Waals surface area (Å²) in [7, 11) is 1.71. The van der Waals surface area contributed by atoms with Gasteiger partial charge in [-0.2, -0.15) is 0 Å². The summed E-state index contributed by atoms with van der Waals surface area (Å²) in [4.78, 5) is 31.1. The van der Waals surface area contributed by atoms with Crippen molar-refractivity contribution in [2.45, 2.75) is 70.4 Å². The van der Waals surface area contributed by atoms with E-state index in [-0.39, 0.29) is 35.4 Å². The molecule has 1 heterocycles. The van der Waals surface area contributed by atoms with Crippen molar-refractivity contribution in [1.29, 1.82) is 0 Å². The number of benzene rings is 2. The van der Waals surface area contributed by atoms with Crippen LogP contribution in [0, 0.1) is 17.8 Å². The molecule has 1 saturated heterocycles. The highest BCUT2D eigenvalue weighted by atomic mass is 16.5. The maximum Gasteiger partial charge on any atom is 0.302 e. The number of methoxy groups -OCH3 is 1. The van der Waals surface area contributed by atoms with Gasteiger partial charge in [-0.15, -0.1) is 0 Å². The number of likely N-dealkylation sites (tertiary alicyclic amines) is 1. The third-order valence-corrected chi connectivity index (χ3v) is 9.05. The van der Waals surface area contributed by atoms with Crippen molar-refractivity contribution in [3.63, 3.8) is 0 Å². The van der Waals surface area contributed by atoms with Crippen molar-refractivity contribution in [1.82, 2.24) is 9.80 Å². The summed E-state index contributed by atoms with van der Waals surface area (Å²) in [5.41, 5.74) is 1.72. The molecule has 0 radical (unpaired) electrons. The molecule has 210 valence electrons. The van der Waals surface area contributed by atoms with E-state index in [2.05, 4.69) is 41.8 Å². The van der Waals surface area contributed by atoms with Crippen LogP contribution in [0.4, 0.5) is 0 Å². The molecule has 2 aromatic rings. The van der Waals surface area contributed by atoms with Gasteiger partial charge in [0.05, 0.1) is 7.11 Å². The number of esters is 1. The average Bonchev–Trinajstić information content (AvgIpc) is 3.75. The first-order valence-corrected chi connectivity index (χ1v) is 14.7. The maximum absolute atomic E-state index is 14.0. The lowest BCUT2D eigenvalue weighted by Gasteiger charge is -2.57. The second-order valence-electron chi connectivity index (χ2n) is 12.4.